The molecule has 3 nitrogen and oxygen atoms in total. The number of nitrogens with zero attached hydrogens (tertiary/aromatic N) is 1. The van der Waals surface area contributed by atoms with Crippen molar-refractivity contribution in [3.63, 3.8) is 0 Å². The van der Waals surface area contributed by atoms with E-state index in [4.69, 9.17) is 0 Å². The summed E-state index contributed by atoms with van der Waals surface area (Å²) in [4.78, 5) is 16.4. The van der Waals surface area contributed by atoms with Crippen LogP contribution in [-0.4, -0.2) is 44.2 Å². The molecule has 0 aliphatic heterocycles. The maximum absolute atomic E-state index is 12.2. The van der Waals surface area contributed by atoms with Gasteiger partial charge in [-0.05, 0) is 0 Å². The quantitative estimate of drug-likeness (QED) is 0.219. The molecule has 0 aromatic carbocycles. The second kappa shape index (κ2) is 9.81. The molecule has 1 aliphatic carbocycles. The first-order valence-electron chi connectivity index (χ1n) is 6.78. The summed E-state index contributed by atoms with van der Waals surface area (Å²) < 4.78 is 0. The predicted octanol–water partition coefficient (Wildman–Crippen LogP) is 2.40. The van der Waals surface area contributed by atoms with Gasteiger partial charge in [0.05, 0.1) is 0 Å². The Labute approximate surface area is 151 Å². The van der Waals surface area contributed by atoms with Gasteiger partial charge in [0, 0.05) is 27.3 Å². The van der Waals surface area contributed by atoms with Crippen LogP contribution in [0.4, 0.5) is 0 Å². The van der Waals surface area contributed by atoms with Gasteiger partial charge in [0.15, 0.2) is 0 Å². The Morgan fingerprint density at radius 2 is 2.29 bits per heavy atom. The summed E-state index contributed by atoms with van der Waals surface area (Å²) in [5.41, 5.74) is 1.35. The first kappa shape index (κ1) is 18.9. The van der Waals surface area contributed by atoms with E-state index in [0.29, 0.717) is 11.6 Å². The van der Waals surface area contributed by atoms with E-state index < -0.39 is 0 Å². The molecule has 21 heavy (non-hydrogen) atoms. The Morgan fingerprint density at radius 3 is 3.00 bits per heavy atom. The van der Waals surface area contributed by atoms with Crippen LogP contribution in [0.2, 0.25) is 0 Å². The number of aryl methyl sites for hydroxylation is 1. The molecule has 1 N–H and O–H groups in total. The number of carbonyl (C=O) groups excluding carboxylic acids is 1. The van der Waals surface area contributed by atoms with Gasteiger partial charge in [-0.2, -0.15) is 0 Å². The van der Waals surface area contributed by atoms with Crippen molar-refractivity contribution in [2.75, 3.05) is 0 Å². The number of aromatic nitrogens is 1. The molecule has 1 aromatic rings. The Balaban J connectivity index is 0.00000220. The van der Waals surface area contributed by atoms with Gasteiger partial charge < -0.3 is 0 Å². The van der Waals surface area contributed by atoms with Crippen LogP contribution < -0.4 is 5.32 Å². The van der Waals surface area contributed by atoms with Crippen molar-refractivity contribution < 1.29 is 4.79 Å². The van der Waals surface area contributed by atoms with Crippen molar-refractivity contribution in [1.82, 2.24) is 10.3 Å². The SMILES string of the molecule is Cc1cccc(C(=O)NC2CCCC(C#C[SH-]#P)C2)n1.[Tl]. The van der Waals surface area contributed by atoms with Crippen LogP contribution in [0.1, 0.15) is 41.9 Å². The molecule has 2 atom stereocenters. The monoisotopic (exact) mass is 510 g/mol. The van der Waals surface area contributed by atoms with Crippen molar-refractivity contribution in [3.05, 3.63) is 29.6 Å². The summed E-state index contributed by atoms with van der Waals surface area (Å²) in [6, 6.07) is 5.70. The Hall–Kier alpha value is -0.118. The van der Waals surface area contributed by atoms with Crippen molar-refractivity contribution in [3.8, 4) is 11.2 Å². The Morgan fingerprint density at radius 1 is 1.48 bits per heavy atom. The molecule has 0 spiro atoms. The predicted molar refractivity (Wildman–Crippen MR) is 91.4 cm³/mol. The van der Waals surface area contributed by atoms with E-state index in [1.807, 2.05) is 19.1 Å². The van der Waals surface area contributed by atoms with Crippen molar-refractivity contribution >= 4 is 51.8 Å². The molecular weight excluding hydrogens is 492 g/mol. The number of hydrogen-bond donors (Lipinski definition) is 1. The Bertz CT molecular complexity index is 606. The van der Waals surface area contributed by atoms with Crippen LogP contribution in [0.25, 0.3) is 0 Å². The molecule has 2 unspecified atom stereocenters. The zero-order chi connectivity index (χ0) is 14.4. The fourth-order valence-electron chi connectivity index (χ4n) is 2.50. The molecule has 6 heteroatoms. The molecule has 2 rings (SSSR count). The normalized spacial score (nSPS) is 20.6. The summed E-state index contributed by atoms with van der Waals surface area (Å²) in [5, 5.41) is 6.07. The van der Waals surface area contributed by atoms with E-state index in [1.54, 1.807) is 6.07 Å². The first-order valence-corrected chi connectivity index (χ1v) is 8.83. The fraction of sp³-hybridized carbons (Fsp3) is 0.467. The Kier molecular flexibility index (Phi) is 8.84. The van der Waals surface area contributed by atoms with Crippen LogP contribution in [0.5, 0.6) is 0 Å². The second-order valence-electron chi connectivity index (χ2n) is 5.05. The minimum Gasteiger partial charge on any atom is 0 e. The number of rotatable bonds is 2. The molecule has 1 aromatic heterocycles. The minimum atomic E-state index is -0.0837. The molecule has 1 aliphatic rings. The summed E-state index contributed by atoms with van der Waals surface area (Å²) in [6.07, 6.45) is 4.17. The third kappa shape index (κ3) is 6.25. The van der Waals surface area contributed by atoms with Crippen LogP contribution in [0.3, 0.4) is 0 Å². The zero-order valence-corrected chi connectivity index (χ0v) is 18.3. The molecule has 1 saturated carbocycles. The third-order valence-electron chi connectivity index (χ3n) is 3.45. The topological polar surface area (TPSA) is 42.0 Å². The summed E-state index contributed by atoms with van der Waals surface area (Å²) in [6.45, 7) is 1.89. The van der Waals surface area contributed by atoms with Crippen molar-refractivity contribution in [2.24, 2.45) is 5.92 Å². The molecule has 1 radical (unpaired) electrons. The van der Waals surface area contributed by atoms with Crippen LogP contribution >= 0.6 is 7.81 Å². The van der Waals surface area contributed by atoms with Crippen LogP contribution in [-0.2, 0) is 10.7 Å². The van der Waals surface area contributed by atoms with Gasteiger partial charge in [-0.25, -0.2) is 0 Å². The summed E-state index contributed by atoms with van der Waals surface area (Å²) >= 11 is 0. The van der Waals surface area contributed by atoms with E-state index in [9.17, 15) is 4.79 Å². The number of hydrogen-bond acceptors (Lipinski definition) is 3. The van der Waals surface area contributed by atoms with Gasteiger partial charge >= 0.3 is 125 Å². The smallest absolute Gasteiger partial charge is 0 e. The zero-order valence-electron chi connectivity index (χ0n) is 12.0. The van der Waals surface area contributed by atoms with E-state index in [1.165, 1.54) is 0 Å². The maximum atomic E-state index is 12.2. The van der Waals surface area contributed by atoms with Crippen LogP contribution in [0, 0.1) is 24.0 Å². The van der Waals surface area contributed by atoms with Crippen molar-refractivity contribution in [1.29, 1.82) is 0 Å². The van der Waals surface area contributed by atoms with E-state index in [0.717, 1.165) is 42.1 Å². The number of amides is 1. The van der Waals surface area contributed by atoms with E-state index in [2.05, 4.69) is 29.3 Å². The number of pyridine rings is 1. The van der Waals surface area contributed by atoms with Crippen molar-refractivity contribution in [2.45, 2.75) is 38.6 Å². The van der Waals surface area contributed by atoms with Gasteiger partial charge in [0.25, 0.3) is 0 Å². The molecule has 1 amide bonds. The number of nitrogens with one attached hydrogen (secondary N) is 1. The molecular formula is C15H18N2OPSTl-. The van der Waals surface area contributed by atoms with Gasteiger partial charge in [-0.3, -0.25) is 0 Å². The maximum Gasteiger partial charge on any atom is 0 e. The molecule has 0 saturated heterocycles. The van der Waals surface area contributed by atoms with Gasteiger partial charge in [-0.1, -0.05) is 0 Å². The first-order chi connectivity index (χ1) is 9.69. The standard InChI is InChI=1S/C15H18N2OPS.Tl/c1-11-4-2-7-14(16-11)15(18)17-13-6-3-5-12(10-13)8-9-20-19;/h2,4,7,12-13,20H,3,5-6,10H2,1H3,(H,17,18);/q-1;. The third-order valence-corrected chi connectivity index (χ3v) is 3.98. The second-order valence-corrected chi connectivity index (χ2v) is 6.08. The summed E-state index contributed by atoms with van der Waals surface area (Å²) in [5.74, 6) is 3.51. The summed E-state index contributed by atoms with van der Waals surface area (Å²) in [7, 11) is 4.89. The number of thiol groups is 1. The molecule has 0 bridgehead atoms. The molecule has 1 fully saturated rings. The average molecular weight is 510 g/mol. The van der Waals surface area contributed by atoms with E-state index >= 15 is 0 Å². The van der Waals surface area contributed by atoms with Gasteiger partial charge in [0.1, 0.15) is 0 Å². The van der Waals surface area contributed by atoms with Crippen LogP contribution in [0.15, 0.2) is 18.2 Å². The largest absolute Gasteiger partial charge is 0 e. The average Bonchev–Trinajstić information content (AvgIpc) is 2.45. The number of carbonyl (C=O) groups is 1. The fourth-order valence-corrected chi connectivity index (χ4v) is 2.91. The van der Waals surface area contributed by atoms with Gasteiger partial charge in [0.2, 0.25) is 0 Å². The minimum absolute atomic E-state index is 0. The molecule has 1 heterocycles. The molecule has 109 valence electrons. The van der Waals surface area contributed by atoms with E-state index in [-0.39, 0.29) is 39.2 Å². The van der Waals surface area contributed by atoms with Gasteiger partial charge in [-0.15, -0.1) is 0 Å².